The number of aromatic nitrogens is 3. The molecule has 0 saturated carbocycles. The molecule has 130 valence electrons. The number of hydrogen-bond donors (Lipinski definition) is 2. The minimum absolute atomic E-state index is 0.240. The predicted octanol–water partition coefficient (Wildman–Crippen LogP) is 4.05. The van der Waals surface area contributed by atoms with Gasteiger partial charge in [0.1, 0.15) is 5.82 Å². The van der Waals surface area contributed by atoms with Crippen LogP contribution in [-0.2, 0) is 12.8 Å². The van der Waals surface area contributed by atoms with E-state index in [-0.39, 0.29) is 11.7 Å². The molecule has 5 nitrogen and oxygen atoms in total. The number of aromatic amines is 1. The Kier molecular flexibility index (Phi) is 5.23. The van der Waals surface area contributed by atoms with Gasteiger partial charge in [0.15, 0.2) is 10.8 Å². The molecule has 0 spiro atoms. The largest absolute Gasteiger partial charge is 0.296 e. The molecule has 2 heterocycles. The van der Waals surface area contributed by atoms with Crippen LogP contribution in [0.5, 0.6) is 0 Å². The minimum atomic E-state index is -0.307. The molecule has 3 rings (SSSR count). The van der Waals surface area contributed by atoms with Crippen LogP contribution in [0.4, 0.5) is 9.52 Å². The molecule has 0 aliphatic heterocycles. The maximum atomic E-state index is 13.7. The average molecular weight is 358 g/mol. The highest BCUT2D eigenvalue weighted by Gasteiger charge is 2.14. The van der Waals surface area contributed by atoms with Crippen LogP contribution in [0.15, 0.2) is 36.5 Å². The van der Waals surface area contributed by atoms with Crippen molar-refractivity contribution in [3.05, 3.63) is 64.2 Å². The van der Waals surface area contributed by atoms with E-state index in [9.17, 15) is 9.18 Å². The molecule has 1 amide bonds. The number of hydrogen-bond acceptors (Lipinski definition) is 4. The Morgan fingerprint density at radius 2 is 2.16 bits per heavy atom. The molecule has 2 N–H and O–H groups in total. The Balaban J connectivity index is 1.64. The lowest BCUT2D eigenvalue weighted by atomic mass is 10.1. The Morgan fingerprint density at radius 1 is 1.36 bits per heavy atom. The number of carbonyl (C=O) groups is 1. The van der Waals surface area contributed by atoms with Gasteiger partial charge in [-0.3, -0.25) is 15.2 Å². The highest BCUT2D eigenvalue weighted by atomic mass is 32.1. The molecule has 0 aliphatic rings. The van der Waals surface area contributed by atoms with E-state index < -0.39 is 0 Å². The summed E-state index contributed by atoms with van der Waals surface area (Å²) in [5.74, 6) is -0.0648. The second-order valence-electron chi connectivity index (χ2n) is 6.23. The molecule has 0 unspecified atom stereocenters. The monoisotopic (exact) mass is 358 g/mol. The summed E-state index contributed by atoms with van der Waals surface area (Å²) in [7, 11) is 0. The fourth-order valence-corrected chi connectivity index (χ4v) is 3.29. The third kappa shape index (κ3) is 4.51. The molecule has 0 fully saturated rings. The zero-order valence-corrected chi connectivity index (χ0v) is 14.9. The van der Waals surface area contributed by atoms with Gasteiger partial charge in [0.05, 0.1) is 0 Å². The van der Waals surface area contributed by atoms with E-state index in [2.05, 4.69) is 34.3 Å². The SMILES string of the molecule is CC(C)Cc1cc(C(=O)Nc2ncc(Cc3ccccc3F)s2)n[nH]1. The van der Waals surface area contributed by atoms with Crippen LogP contribution in [-0.4, -0.2) is 21.1 Å². The van der Waals surface area contributed by atoms with Gasteiger partial charge in [0.25, 0.3) is 5.91 Å². The maximum absolute atomic E-state index is 13.7. The van der Waals surface area contributed by atoms with Gasteiger partial charge < -0.3 is 0 Å². The van der Waals surface area contributed by atoms with E-state index in [4.69, 9.17) is 0 Å². The van der Waals surface area contributed by atoms with Crippen LogP contribution in [0.3, 0.4) is 0 Å². The van der Waals surface area contributed by atoms with E-state index >= 15 is 0 Å². The second-order valence-corrected chi connectivity index (χ2v) is 7.35. The van der Waals surface area contributed by atoms with Crippen molar-refractivity contribution in [1.29, 1.82) is 0 Å². The molecule has 0 bridgehead atoms. The van der Waals surface area contributed by atoms with Crippen LogP contribution < -0.4 is 5.32 Å². The van der Waals surface area contributed by atoms with Crippen molar-refractivity contribution in [2.75, 3.05) is 5.32 Å². The second kappa shape index (κ2) is 7.57. The Hall–Kier alpha value is -2.54. The van der Waals surface area contributed by atoms with Gasteiger partial charge in [-0.2, -0.15) is 5.10 Å². The fourth-order valence-electron chi connectivity index (χ4n) is 2.46. The summed E-state index contributed by atoms with van der Waals surface area (Å²) in [6, 6.07) is 8.39. The van der Waals surface area contributed by atoms with Crippen LogP contribution >= 0.6 is 11.3 Å². The number of H-pyrrole nitrogens is 1. The number of nitrogens with one attached hydrogen (secondary N) is 2. The van der Waals surface area contributed by atoms with Crippen molar-refractivity contribution in [3.8, 4) is 0 Å². The van der Waals surface area contributed by atoms with Crippen molar-refractivity contribution in [3.63, 3.8) is 0 Å². The highest BCUT2D eigenvalue weighted by Crippen LogP contribution is 2.22. The van der Waals surface area contributed by atoms with Gasteiger partial charge in [0, 0.05) is 23.2 Å². The van der Waals surface area contributed by atoms with E-state index in [0.717, 1.165) is 17.0 Å². The summed E-state index contributed by atoms with van der Waals surface area (Å²) in [6.07, 6.45) is 2.94. The zero-order chi connectivity index (χ0) is 17.8. The van der Waals surface area contributed by atoms with Crippen LogP contribution in [0.2, 0.25) is 0 Å². The van der Waals surface area contributed by atoms with Gasteiger partial charge in [-0.15, -0.1) is 11.3 Å². The molecule has 0 atom stereocenters. The quantitative estimate of drug-likeness (QED) is 0.698. The smallest absolute Gasteiger partial charge is 0.277 e. The lowest BCUT2D eigenvalue weighted by molar-refractivity contribution is 0.102. The van der Waals surface area contributed by atoms with Crippen molar-refractivity contribution >= 4 is 22.4 Å². The number of rotatable bonds is 6. The van der Waals surface area contributed by atoms with E-state index in [1.54, 1.807) is 30.5 Å². The number of anilines is 1. The van der Waals surface area contributed by atoms with Gasteiger partial charge in [-0.1, -0.05) is 32.0 Å². The highest BCUT2D eigenvalue weighted by molar-refractivity contribution is 7.15. The predicted molar refractivity (Wildman–Crippen MR) is 96.4 cm³/mol. The maximum Gasteiger partial charge on any atom is 0.277 e. The first-order valence-corrected chi connectivity index (χ1v) is 8.86. The normalized spacial score (nSPS) is 11.0. The summed E-state index contributed by atoms with van der Waals surface area (Å²) < 4.78 is 13.7. The molecule has 1 aromatic carbocycles. The lowest BCUT2D eigenvalue weighted by Gasteiger charge is -2.00. The van der Waals surface area contributed by atoms with Gasteiger partial charge in [-0.25, -0.2) is 9.37 Å². The zero-order valence-electron chi connectivity index (χ0n) is 14.0. The molecule has 25 heavy (non-hydrogen) atoms. The third-order valence-corrected chi connectivity index (χ3v) is 4.50. The summed E-state index contributed by atoms with van der Waals surface area (Å²) in [4.78, 5) is 17.3. The van der Waals surface area contributed by atoms with Crippen LogP contribution in [0, 0.1) is 11.7 Å². The first kappa shape index (κ1) is 17.3. The summed E-state index contributed by atoms with van der Waals surface area (Å²) >= 11 is 1.33. The molecule has 0 radical (unpaired) electrons. The van der Waals surface area contributed by atoms with Crippen LogP contribution in [0.25, 0.3) is 0 Å². The van der Waals surface area contributed by atoms with Gasteiger partial charge in [0.2, 0.25) is 0 Å². The summed E-state index contributed by atoms with van der Waals surface area (Å²) in [6.45, 7) is 4.21. The van der Waals surface area contributed by atoms with Crippen LogP contribution in [0.1, 0.15) is 40.5 Å². The number of carbonyl (C=O) groups excluding carboxylic acids is 1. The molecule has 0 saturated heterocycles. The van der Waals surface area contributed by atoms with E-state index in [1.807, 2.05) is 0 Å². The molecule has 3 aromatic rings. The minimum Gasteiger partial charge on any atom is -0.296 e. The fraction of sp³-hybridized carbons (Fsp3) is 0.278. The number of thiazole rings is 1. The van der Waals surface area contributed by atoms with Gasteiger partial charge in [-0.05, 0) is 30.0 Å². The molecular weight excluding hydrogens is 339 g/mol. The Labute approximate surface area is 149 Å². The average Bonchev–Trinajstić information content (AvgIpc) is 3.19. The van der Waals surface area contributed by atoms with E-state index in [1.165, 1.54) is 17.4 Å². The first-order chi connectivity index (χ1) is 12.0. The van der Waals surface area contributed by atoms with Crippen molar-refractivity contribution < 1.29 is 9.18 Å². The summed E-state index contributed by atoms with van der Waals surface area (Å²) in [5.41, 5.74) is 1.87. The molecule has 2 aromatic heterocycles. The standard InChI is InChI=1S/C18H19FN4OS/c1-11(2)7-13-9-16(23-22-13)17(24)21-18-20-10-14(25-18)8-12-5-3-4-6-15(12)19/h3-6,9-11H,7-8H2,1-2H3,(H,22,23)(H,20,21,24). The third-order valence-electron chi connectivity index (χ3n) is 3.59. The first-order valence-electron chi connectivity index (χ1n) is 8.05. The summed E-state index contributed by atoms with van der Waals surface area (Å²) in [5, 5.41) is 10.1. The van der Waals surface area contributed by atoms with Gasteiger partial charge >= 0.3 is 0 Å². The van der Waals surface area contributed by atoms with E-state index in [0.29, 0.717) is 28.7 Å². The topological polar surface area (TPSA) is 70.7 Å². The number of nitrogens with zero attached hydrogens (tertiary/aromatic N) is 2. The molecule has 0 aliphatic carbocycles. The van der Waals surface area contributed by atoms with Crippen molar-refractivity contribution in [2.45, 2.75) is 26.7 Å². The van der Waals surface area contributed by atoms with Crippen molar-refractivity contribution in [1.82, 2.24) is 15.2 Å². The van der Waals surface area contributed by atoms with Crippen molar-refractivity contribution in [2.24, 2.45) is 5.92 Å². The Morgan fingerprint density at radius 3 is 2.92 bits per heavy atom. The number of benzene rings is 1. The number of halogens is 1. The lowest BCUT2D eigenvalue weighted by Crippen LogP contribution is -2.12. The molecule has 7 heteroatoms. The number of amides is 1. The Bertz CT molecular complexity index is 871. The molecular formula is C18H19FN4OS.